The maximum absolute atomic E-state index is 13.3. The van der Waals surface area contributed by atoms with Gasteiger partial charge < -0.3 is 9.67 Å². The predicted molar refractivity (Wildman–Crippen MR) is 87.6 cm³/mol. The van der Waals surface area contributed by atoms with E-state index in [9.17, 15) is 9.50 Å². The molecule has 1 heterocycles. The molecule has 0 fully saturated rings. The van der Waals surface area contributed by atoms with Gasteiger partial charge in [0.05, 0.1) is 0 Å². The number of aromatic nitrogens is 1. The van der Waals surface area contributed by atoms with Gasteiger partial charge in [-0.25, -0.2) is 4.39 Å². The van der Waals surface area contributed by atoms with Crippen LogP contribution in [0.5, 0.6) is 5.75 Å². The van der Waals surface area contributed by atoms with Gasteiger partial charge in [-0.3, -0.25) is 0 Å². The Morgan fingerprint density at radius 1 is 1.10 bits per heavy atom. The van der Waals surface area contributed by atoms with Crippen molar-refractivity contribution in [3.8, 4) is 5.75 Å². The molecule has 2 aromatic carbocycles. The van der Waals surface area contributed by atoms with Gasteiger partial charge in [0, 0.05) is 33.7 Å². The zero-order valence-electron chi connectivity index (χ0n) is 11.3. The van der Waals surface area contributed by atoms with Gasteiger partial charge in [-0.05, 0) is 54.6 Å². The fourth-order valence-electron chi connectivity index (χ4n) is 2.34. The van der Waals surface area contributed by atoms with Crippen LogP contribution in [0.3, 0.4) is 0 Å². The lowest BCUT2D eigenvalue weighted by Gasteiger charge is -2.01. The number of halogens is 2. The summed E-state index contributed by atoms with van der Waals surface area (Å²) in [6.07, 6.45) is 3.74. The first-order chi connectivity index (χ1) is 10.0. The van der Waals surface area contributed by atoms with Crippen LogP contribution in [0, 0.1) is 5.82 Å². The largest absolute Gasteiger partial charge is 0.507 e. The van der Waals surface area contributed by atoms with Crippen LogP contribution in [0.1, 0.15) is 11.3 Å². The van der Waals surface area contributed by atoms with E-state index >= 15 is 0 Å². The highest BCUT2D eigenvalue weighted by Crippen LogP contribution is 2.25. The molecule has 1 aromatic heterocycles. The van der Waals surface area contributed by atoms with E-state index in [1.54, 1.807) is 18.2 Å². The van der Waals surface area contributed by atoms with Crippen molar-refractivity contribution in [1.82, 2.24) is 4.57 Å². The fourth-order valence-corrected chi connectivity index (χ4v) is 2.71. The first-order valence-electron chi connectivity index (χ1n) is 6.46. The number of phenols is 1. The molecular formula is C17H13BrFNO. The highest BCUT2D eigenvalue weighted by atomic mass is 79.9. The van der Waals surface area contributed by atoms with E-state index in [4.69, 9.17) is 0 Å². The van der Waals surface area contributed by atoms with E-state index in [-0.39, 0.29) is 11.6 Å². The minimum absolute atomic E-state index is 0.222. The number of rotatable bonds is 2. The lowest BCUT2D eigenvalue weighted by Crippen LogP contribution is -1.89. The predicted octanol–water partition coefficient (Wildman–Crippen LogP) is 4.96. The van der Waals surface area contributed by atoms with Crippen LogP contribution in [0.15, 0.2) is 46.9 Å². The van der Waals surface area contributed by atoms with Gasteiger partial charge in [-0.2, -0.15) is 0 Å². The van der Waals surface area contributed by atoms with Crippen LogP contribution in [-0.4, -0.2) is 9.67 Å². The molecule has 106 valence electrons. The summed E-state index contributed by atoms with van der Waals surface area (Å²) in [5.41, 5.74) is 2.63. The van der Waals surface area contributed by atoms with Crippen LogP contribution in [0.25, 0.3) is 23.1 Å². The lowest BCUT2D eigenvalue weighted by molar-refractivity contribution is 0.474. The Labute approximate surface area is 130 Å². The van der Waals surface area contributed by atoms with E-state index < -0.39 is 0 Å². The van der Waals surface area contributed by atoms with Crippen molar-refractivity contribution in [1.29, 1.82) is 0 Å². The molecule has 0 spiro atoms. The normalized spacial score (nSPS) is 11.6. The lowest BCUT2D eigenvalue weighted by atomic mass is 10.2. The van der Waals surface area contributed by atoms with Crippen LogP contribution in [0.2, 0.25) is 0 Å². The second-order valence-corrected chi connectivity index (χ2v) is 5.78. The van der Waals surface area contributed by atoms with E-state index in [0.29, 0.717) is 0 Å². The molecule has 3 rings (SSSR count). The van der Waals surface area contributed by atoms with Crippen molar-refractivity contribution in [3.63, 3.8) is 0 Å². The molecule has 0 radical (unpaired) electrons. The summed E-state index contributed by atoms with van der Waals surface area (Å²) in [4.78, 5) is 0. The van der Waals surface area contributed by atoms with Gasteiger partial charge in [-0.15, -0.1) is 0 Å². The summed E-state index contributed by atoms with van der Waals surface area (Å²) in [5, 5.41) is 10.7. The number of fused-ring (bicyclic) bond motifs is 1. The molecule has 0 unspecified atom stereocenters. The molecule has 0 bridgehead atoms. The first kappa shape index (κ1) is 13.9. The number of phenolic OH excluding ortho intramolecular Hbond substituents is 1. The summed E-state index contributed by atoms with van der Waals surface area (Å²) in [6, 6.07) is 11.9. The Morgan fingerprint density at radius 3 is 2.71 bits per heavy atom. The fraction of sp³-hybridized carbons (Fsp3) is 0.0588. The molecule has 0 atom stereocenters. The minimum Gasteiger partial charge on any atom is -0.507 e. The van der Waals surface area contributed by atoms with Crippen molar-refractivity contribution < 1.29 is 9.50 Å². The Balaban J connectivity index is 2.03. The van der Waals surface area contributed by atoms with Crippen molar-refractivity contribution in [2.45, 2.75) is 0 Å². The highest BCUT2D eigenvalue weighted by molar-refractivity contribution is 9.10. The van der Waals surface area contributed by atoms with E-state index in [1.807, 2.05) is 35.9 Å². The van der Waals surface area contributed by atoms with E-state index in [1.165, 1.54) is 12.1 Å². The molecule has 2 nitrogen and oxygen atoms in total. The molecule has 0 aliphatic carbocycles. The quantitative estimate of drug-likeness (QED) is 0.697. The number of benzene rings is 2. The van der Waals surface area contributed by atoms with Crippen molar-refractivity contribution in [2.75, 3.05) is 0 Å². The van der Waals surface area contributed by atoms with Crippen molar-refractivity contribution >= 4 is 39.0 Å². The average Bonchev–Trinajstić information content (AvgIpc) is 2.76. The smallest absolute Gasteiger partial charge is 0.123 e. The van der Waals surface area contributed by atoms with Crippen molar-refractivity contribution in [3.05, 3.63) is 64.0 Å². The van der Waals surface area contributed by atoms with Crippen LogP contribution in [0.4, 0.5) is 4.39 Å². The minimum atomic E-state index is -0.242. The van der Waals surface area contributed by atoms with Gasteiger partial charge in [0.15, 0.2) is 0 Å². The van der Waals surface area contributed by atoms with Crippen LogP contribution < -0.4 is 0 Å². The maximum Gasteiger partial charge on any atom is 0.123 e. The topological polar surface area (TPSA) is 25.2 Å². The van der Waals surface area contributed by atoms with E-state index in [0.717, 1.165) is 26.6 Å². The number of hydrogen-bond donors (Lipinski definition) is 1. The molecular weight excluding hydrogens is 333 g/mol. The second kappa shape index (κ2) is 5.37. The van der Waals surface area contributed by atoms with Gasteiger partial charge in [0.25, 0.3) is 0 Å². The average molecular weight is 346 g/mol. The summed E-state index contributed by atoms with van der Waals surface area (Å²) >= 11 is 3.38. The SMILES string of the molecule is Cn1c(C=Cc2cc(Br)ccc2O)cc2cc(F)ccc21. The molecule has 0 aliphatic heterocycles. The maximum atomic E-state index is 13.3. The number of aryl methyl sites for hydroxylation is 1. The van der Waals surface area contributed by atoms with Crippen LogP contribution in [-0.2, 0) is 7.05 Å². The molecule has 4 heteroatoms. The molecule has 3 aromatic rings. The van der Waals surface area contributed by atoms with Gasteiger partial charge >= 0.3 is 0 Å². The van der Waals surface area contributed by atoms with Crippen LogP contribution >= 0.6 is 15.9 Å². The molecule has 0 aliphatic rings. The Bertz CT molecular complexity index is 851. The Kier molecular flexibility index (Phi) is 3.55. The molecule has 21 heavy (non-hydrogen) atoms. The first-order valence-corrected chi connectivity index (χ1v) is 7.25. The van der Waals surface area contributed by atoms with Gasteiger partial charge in [0.2, 0.25) is 0 Å². The standard InChI is InChI=1S/C17H13BrFNO/c1-20-15(10-12-9-14(19)4-6-16(12)20)5-2-11-8-13(18)3-7-17(11)21/h2-10,21H,1H3. The molecule has 0 saturated carbocycles. The number of nitrogens with zero attached hydrogens (tertiary/aromatic N) is 1. The summed E-state index contributed by atoms with van der Waals surface area (Å²) in [5.74, 6) is -0.0208. The summed E-state index contributed by atoms with van der Waals surface area (Å²) in [6.45, 7) is 0. The van der Waals surface area contributed by atoms with Crippen molar-refractivity contribution in [2.24, 2.45) is 7.05 Å². The van der Waals surface area contributed by atoms with Gasteiger partial charge in [0.1, 0.15) is 11.6 Å². The third kappa shape index (κ3) is 2.72. The third-order valence-electron chi connectivity index (χ3n) is 3.46. The monoisotopic (exact) mass is 345 g/mol. The summed E-state index contributed by atoms with van der Waals surface area (Å²) in [7, 11) is 1.93. The Hall–Kier alpha value is -2.07. The summed E-state index contributed by atoms with van der Waals surface area (Å²) < 4.78 is 16.1. The van der Waals surface area contributed by atoms with Gasteiger partial charge in [-0.1, -0.05) is 15.9 Å². The molecule has 0 amide bonds. The number of hydrogen-bond acceptors (Lipinski definition) is 1. The second-order valence-electron chi connectivity index (χ2n) is 4.87. The number of aromatic hydroxyl groups is 1. The highest BCUT2D eigenvalue weighted by Gasteiger charge is 2.05. The van der Waals surface area contributed by atoms with E-state index in [2.05, 4.69) is 15.9 Å². The zero-order chi connectivity index (χ0) is 15.0. The molecule has 1 N–H and O–H groups in total. The molecule has 0 saturated heterocycles. The third-order valence-corrected chi connectivity index (χ3v) is 3.96. The Morgan fingerprint density at radius 2 is 1.90 bits per heavy atom. The zero-order valence-corrected chi connectivity index (χ0v) is 12.9.